The molecule has 2 aliphatic rings. The highest BCUT2D eigenvalue weighted by Gasteiger charge is 2.21. The summed E-state index contributed by atoms with van der Waals surface area (Å²) in [6.07, 6.45) is 7.68. The van der Waals surface area contributed by atoms with Gasteiger partial charge in [-0.05, 0) is 57.5 Å². The Balaban J connectivity index is 1.49. The number of rotatable bonds is 6. The first-order chi connectivity index (χ1) is 8.74. The molecule has 0 unspecified atom stereocenters. The number of unbranched alkanes of at least 4 members (excludes halogenated alkanes) is 1. The summed E-state index contributed by atoms with van der Waals surface area (Å²) in [5, 5.41) is 3.22. The van der Waals surface area contributed by atoms with Gasteiger partial charge >= 0.3 is 0 Å². The Morgan fingerprint density at radius 3 is 2.89 bits per heavy atom. The summed E-state index contributed by atoms with van der Waals surface area (Å²) < 4.78 is 0. The van der Waals surface area contributed by atoms with Gasteiger partial charge in [-0.2, -0.15) is 0 Å². The largest absolute Gasteiger partial charge is 0.370 e. The van der Waals surface area contributed by atoms with Crippen molar-refractivity contribution >= 4 is 5.96 Å². The summed E-state index contributed by atoms with van der Waals surface area (Å²) in [7, 11) is 0. The van der Waals surface area contributed by atoms with Gasteiger partial charge in [0.2, 0.25) is 0 Å². The summed E-state index contributed by atoms with van der Waals surface area (Å²) in [5.74, 6) is 1.53. The number of nitrogens with zero attached hydrogens (tertiary/aromatic N) is 2. The first kappa shape index (κ1) is 13.7. The first-order valence-corrected chi connectivity index (χ1v) is 7.53. The zero-order chi connectivity index (χ0) is 12.8. The van der Waals surface area contributed by atoms with E-state index in [9.17, 15) is 0 Å². The molecule has 104 valence electrons. The Morgan fingerprint density at radius 2 is 2.17 bits per heavy atom. The highest BCUT2D eigenvalue weighted by molar-refractivity contribution is 5.78. The van der Waals surface area contributed by atoms with Crippen LogP contribution in [0, 0.1) is 5.92 Å². The molecule has 0 spiro atoms. The van der Waals surface area contributed by atoms with Crippen LogP contribution >= 0.6 is 0 Å². The van der Waals surface area contributed by atoms with E-state index in [1.54, 1.807) is 0 Å². The van der Waals surface area contributed by atoms with Gasteiger partial charge in [0.05, 0.1) is 0 Å². The molecular weight excluding hydrogens is 224 g/mol. The number of nitrogens with two attached hydrogens (primary N) is 1. The maximum atomic E-state index is 5.79. The molecule has 2 fully saturated rings. The summed E-state index contributed by atoms with van der Waals surface area (Å²) in [4.78, 5) is 6.97. The van der Waals surface area contributed by atoms with Crippen LogP contribution in [-0.4, -0.2) is 43.1 Å². The minimum Gasteiger partial charge on any atom is -0.370 e. The van der Waals surface area contributed by atoms with Gasteiger partial charge in [0.1, 0.15) is 0 Å². The average Bonchev–Trinajstić information content (AvgIpc) is 3.12. The minimum atomic E-state index is 0.614. The Kier molecular flexibility index (Phi) is 5.29. The van der Waals surface area contributed by atoms with Crippen molar-refractivity contribution in [2.24, 2.45) is 16.6 Å². The van der Waals surface area contributed by atoms with Crippen LogP contribution < -0.4 is 11.1 Å². The zero-order valence-electron chi connectivity index (χ0n) is 11.7. The highest BCUT2D eigenvalue weighted by Crippen LogP contribution is 2.18. The van der Waals surface area contributed by atoms with Crippen LogP contribution in [0.2, 0.25) is 0 Å². The number of piperidine rings is 1. The van der Waals surface area contributed by atoms with Gasteiger partial charge in [-0.1, -0.05) is 6.92 Å². The van der Waals surface area contributed by atoms with Crippen molar-refractivity contribution in [3.05, 3.63) is 0 Å². The standard InChI is InChI=1S/C14H28N4/c1-12-5-4-10-18(11-12)9-3-2-8-16-14(15)17-13-6-7-13/h12-13H,2-11H2,1H3,(H3,15,16,17)/t12-/m0/s1. The van der Waals surface area contributed by atoms with E-state index in [0.29, 0.717) is 12.0 Å². The van der Waals surface area contributed by atoms with Crippen LogP contribution in [0.3, 0.4) is 0 Å². The van der Waals surface area contributed by atoms with Crippen molar-refractivity contribution in [3.63, 3.8) is 0 Å². The van der Waals surface area contributed by atoms with Gasteiger partial charge in [0.15, 0.2) is 5.96 Å². The molecule has 4 heteroatoms. The van der Waals surface area contributed by atoms with E-state index in [1.807, 2.05) is 0 Å². The van der Waals surface area contributed by atoms with Gasteiger partial charge < -0.3 is 16.0 Å². The Hall–Kier alpha value is -0.770. The van der Waals surface area contributed by atoms with Crippen LogP contribution in [0.15, 0.2) is 4.99 Å². The molecule has 1 heterocycles. The monoisotopic (exact) mass is 252 g/mol. The molecule has 1 aliphatic carbocycles. The molecule has 0 radical (unpaired) electrons. The first-order valence-electron chi connectivity index (χ1n) is 7.53. The second kappa shape index (κ2) is 6.98. The Labute approximate surface area is 111 Å². The fourth-order valence-electron chi connectivity index (χ4n) is 2.62. The molecule has 0 aromatic heterocycles. The molecule has 0 amide bonds. The molecular formula is C14H28N4. The predicted octanol–water partition coefficient (Wildman–Crippen LogP) is 1.57. The highest BCUT2D eigenvalue weighted by atomic mass is 15.1. The van der Waals surface area contributed by atoms with E-state index in [4.69, 9.17) is 5.73 Å². The SMILES string of the molecule is C[C@H]1CCCN(CCCCN=C(N)NC2CC2)C1. The summed E-state index contributed by atoms with van der Waals surface area (Å²) in [6.45, 7) is 7.04. The van der Waals surface area contributed by atoms with Gasteiger partial charge in [-0.15, -0.1) is 0 Å². The molecule has 0 bridgehead atoms. The van der Waals surface area contributed by atoms with Crippen molar-refractivity contribution in [3.8, 4) is 0 Å². The van der Waals surface area contributed by atoms with Crippen molar-refractivity contribution in [1.29, 1.82) is 0 Å². The summed E-state index contributed by atoms with van der Waals surface area (Å²) in [6, 6.07) is 0.614. The molecule has 1 saturated heterocycles. The van der Waals surface area contributed by atoms with Crippen molar-refractivity contribution in [2.45, 2.75) is 51.5 Å². The Morgan fingerprint density at radius 1 is 1.33 bits per heavy atom. The fourth-order valence-corrected chi connectivity index (χ4v) is 2.62. The van der Waals surface area contributed by atoms with E-state index in [0.717, 1.165) is 18.9 Å². The van der Waals surface area contributed by atoms with E-state index >= 15 is 0 Å². The second-order valence-corrected chi connectivity index (χ2v) is 5.94. The smallest absolute Gasteiger partial charge is 0.188 e. The van der Waals surface area contributed by atoms with E-state index < -0.39 is 0 Å². The summed E-state index contributed by atoms with van der Waals surface area (Å²) >= 11 is 0. The lowest BCUT2D eigenvalue weighted by molar-refractivity contribution is 0.181. The van der Waals surface area contributed by atoms with Gasteiger partial charge in [-0.3, -0.25) is 4.99 Å². The third-order valence-electron chi connectivity index (χ3n) is 3.84. The average molecular weight is 252 g/mol. The molecule has 18 heavy (non-hydrogen) atoms. The fraction of sp³-hybridized carbons (Fsp3) is 0.929. The van der Waals surface area contributed by atoms with Crippen LogP contribution in [0.5, 0.6) is 0 Å². The summed E-state index contributed by atoms with van der Waals surface area (Å²) in [5.41, 5.74) is 5.79. The maximum absolute atomic E-state index is 5.79. The van der Waals surface area contributed by atoms with Crippen molar-refractivity contribution in [1.82, 2.24) is 10.2 Å². The van der Waals surface area contributed by atoms with Crippen LogP contribution in [-0.2, 0) is 0 Å². The van der Waals surface area contributed by atoms with Crippen molar-refractivity contribution < 1.29 is 0 Å². The lowest BCUT2D eigenvalue weighted by Gasteiger charge is -2.30. The van der Waals surface area contributed by atoms with Crippen LogP contribution in [0.25, 0.3) is 0 Å². The molecule has 0 aromatic carbocycles. The number of guanidine groups is 1. The zero-order valence-corrected chi connectivity index (χ0v) is 11.7. The second-order valence-electron chi connectivity index (χ2n) is 5.94. The van der Waals surface area contributed by atoms with Crippen molar-refractivity contribution in [2.75, 3.05) is 26.2 Å². The molecule has 3 N–H and O–H groups in total. The molecule has 1 aliphatic heterocycles. The third kappa shape index (κ3) is 5.25. The van der Waals surface area contributed by atoms with Gasteiger partial charge in [0, 0.05) is 19.1 Å². The molecule has 1 saturated carbocycles. The molecule has 1 atom stereocenters. The number of nitrogens with one attached hydrogen (secondary N) is 1. The lowest BCUT2D eigenvalue weighted by atomic mass is 10.0. The van der Waals surface area contributed by atoms with Crippen LogP contribution in [0.1, 0.15) is 45.4 Å². The number of likely N-dealkylation sites (tertiary alicyclic amines) is 1. The number of hydrogen-bond donors (Lipinski definition) is 2. The third-order valence-corrected chi connectivity index (χ3v) is 3.84. The minimum absolute atomic E-state index is 0.614. The van der Waals surface area contributed by atoms with Gasteiger partial charge in [-0.25, -0.2) is 0 Å². The molecule has 2 rings (SSSR count). The van der Waals surface area contributed by atoms with Crippen LogP contribution in [0.4, 0.5) is 0 Å². The topological polar surface area (TPSA) is 53.6 Å². The van der Waals surface area contributed by atoms with Gasteiger partial charge in [0.25, 0.3) is 0 Å². The maximum Gasteiger partial charge on any atom is 0.188 e. The van der Waals surface area contributed by atoms with E-state index in [-0.39, 0.29) is 0 Å². The molecule has 4 nitrogen and oxygen atoms in total. The van der Waals surface area contributed by atoms with E-state index in [2.05, 4.69) is 22.1 Å². The number of hydrogen-bond acceptors (Lipinski definition) is 2. The van der Waals surface area contributed by atoms with E-state index in [1.165, 1.54) is 51.7 Å². The quantitative estimate of drug-likeness (QED) is 0.428. The normalized spacial score (nSPS) is 26.3. The Bertz CT molecular complexity index is 273. The predicted molar refractivity (Wildman–Crippen MR) is 76.7 cm³/mol. The lowest BCUT2D eigenvalue weighted by Crippen LogP contribution is -2.35. The molecule has 0 aromatic rings. The number of aliphatic imine (C=N–C) groups is 1.